The summed E-state index contributed by atoms with van der Waals surface area (Å²) in [5.41, 5.74) is 0.975. The second kappa shape index (κ2) is 6.05. The van der Waals surface area contributed by atoms with E-state index in [4.69, 9.17) is 0 Å². The van der Waals surface area contributed by atoms with Gasteiger partial charge in [0.2, 0.25) is 0 Å². The highest BCUT2D eigenvalue weighted by atomic mass is 19.1. The number of hydrogen-bond acceptors (Lipinski definition) is 3. The average molecular weight is 277 g/mol. The van der Waals surface area contributed by atoms with Gasteiger partial charge in [0.15, 0.2) is 0 Å². The van der Waals surface area contributed by atoms with E-state index in [1.165, 1.54) is 12.1 Å². The largest absolute Gasteiger partial charge is 0.305 e. The third kappa shape index (κ3) is 2.82. The molecule has 0 bridgehead atoms. The first-order valence-corrected chi connectivity index (χ1v) is 6.52. The summed E-state index contributed by atoms with van der Waals surface area (Å²) in [4.78, 5) is 8.29. The van der Waals surface area contributed by atoms with E-state index < -0.39 is 17.7 Å². The molecule has 0 aliphatic heterocycles. The third-order valence-electron chi connectivity index (χ3n) is 3.11. The van der Waals surface area contributed by atoms with Crippen molar-refractivity contribution in [1.82, 2.24) is 15.3 Å². The first kappa shape index (κ1) is 14.5. The maximum Gasteiger partial charge on any atom is 0.134 e. The van der Waals surface area contributed by atoms with Gasteiger partial charge in [-0.1, -0.05) is 13.0 Å². The number of rotatable bonds is 4. The molecule has 0 spiro atoms. The van der Waals surface area contributed by atoms with Gasteiger partial charge in [0, 0.05) is 11.8 Å². The predicted octanol–water partition coefficient (Wildman–Crippen LogP) is 3.07. The molecule has 0 aliphatic carbocycles. The van der Waals surface area contributed by atoms with E-state index in [1.807, 2.05) is 6.92 Å². The fraction of sp³-hybridized carbons (Fsp3) is 0.333. The van der Waals surface area contributed by atoms with Gasteiger partial charge in [0.05, 0.1) is 11.7 Å². The number of benzene rings is 1. The molecule has 1 N–H and O–H groups in total. The van der Waals surface area contributed by atoms with Gasteiger partial charge < -0.3 is 5.32 Å². The highest BCUT2D eigenvalue weighted by molar-refractivity contribution is 5.34. The summed E-state index contributed by atoms with van der Waals surface area (Å²) in [5, 5.41) is 3.08. The number of hydrogen-bond donors (Lipinski definition) is 1. The van der Waals surface area contributed by atoms with E-state index in [2.05, 4.69) is 15.3 Å². The van der Waals surface area contributed by atoms with Gasteiger partial charge in [0.1, 0.15) is 17.5 Å². The van der Waals surface area contributed by atoms with Crippen molar-refractivity contribution in [3.05, 3.63) is 58.7 Å². The standard InChI is InChI=1S/C15H17F2N3/c1-4-18-15(12-7-8-19-10(3)20-12)13-11(16)6-5-9(2)14(13)17/h5-8,15,18H,4H2,1-3H3. The molecule has 0 aliphatic rings. The van der Waals surface area contributed by atoms with Crippen LogP contribution in [-0.2, 0) is 0 Å². The molecule has 3 nitrogen and oxygen atoms in total. The van der Waals surface area contributed by atoms with Gasteiger partial charge in [-0.15, -0.1) is 0 Å². The minimum atomic E-state index is -0.624. The Kier molecular flexibility index (Phi) is 4.39. The molecule has 0 saturated carbocycles. The lowest BCUT2D eigenvalue weighted by atomic mass is 9.99. The zero-order valence-electron chi connectivity index (χ0n) is 11.7. The lowest BCUT2D eigenvalue weighted by molar-refractivity contribution is 0.500. The summed E-state index contributed by atoms with van der Waals surface area (Å²) >= 11 is 0. The zero-order valence-corrected chi connectivity index (χ0v) is 11.7. The minimum absolute atomic E-state index is 0.00458. The Morgan fingerprint density at radius 1 is 1.20 bits per heavy atom. The lowest BCUT2D eigenvalue weighted by Gasteiger charge is -2.20. The van der Waals surface area contributed by atoms with Gasteiger partial charge in [-0.25, -0.2) is 18.7 Å². The van der Waals surface area contributed by atoms with Crippen molar-refractivity contribution < 1.29 is 8.78 Å². The molecule has 1 atom stereocenters. The number of aromatic nitrogens is 2. The van der Waals surface area contributed by atoms with E-state index in [9.17, 15) is 8.78 Å². The van der Waals surface area contributed by atoms with Crippen LogP contribution >= 0.6 is 0 Å². The summed E-state index contributed by atoms with van der Waals surface area (Å²) in [6.07, 6.45) is 1.59. The minimum Gasteiger partial charge on any atom is -0.305 e. The molecular formula is C15H17F2N3. The Labute approximate surface area is 117 Å². The molecule has 5 heteroatoms. The van der Waals surface area contributed by atoms with Crippen LogP contribution in [0.4, 0.5) is 8.78 Å². The fourth-order valence-electron chi connectivity index (χ4n) is 2.14. The van der Waals surface area contributed by atoms with Crippen LogP contribution < -0.4 is 5.32 Å². The third-order valence-corrected chi connectivity index (χ3v) is 3.11. The fourth-order valence-corrected chi connectivity index (χ4v) is 2.14. The van der Waals surface area contributed by atoms with E-state index >= 15 is 0 Å². The van der Waals surface area contributed by atoms with Gasteiger partial charge >= 0.3 is 0 Å². The second-order valence-electron chi connectivity index (χ2n) is 4.61. The van der Waals surface area contributed by atoms with E-state index in [0.29, 0.717) is 23.6 Å². The zero-order chi connectivity index (χ0) is 14.7. The van der Waals surface area contributed by atoms with Crippen LogP contribution in [0.3, 0.4) is 0 Å². The van der Waals surface area contributed by atoms with Crippen LogP contribution in [0.1, 0.15) is 35.6 Å². The molecule has 0 saturated heterocycles. The molecular weight excluding hydrogens is 260 g/mol. The second-order valence-corrected chi connectivity index (χ2v) is 4.61. The van der Waals surface area contributed by atoms with Gasteiger partial charge in [-0.2, -0.15) is 0 Å². The molecule has 2 aromatic rings. The van der Waals surface area contributed by atoms with Crippen molar-refractivity contribution in [2.45, 2.75) is 26.8 Å². The summed E-state index contributed by atoms with van der Waals surface area (Å²) in [7, 11) is 0. The highest BCUT2D eigenvalue weighted by Gasteiger charge is 2.23. The molecule has 20 heavy (non-hydrogen) atoms. The van der Waals surface area contributed by atoms with E-state index in [-0.39, 0.29) is 5.56 Å². The highest BCUT2D eigenvalue weighted by Crippen LogP contribution is 2.27. The predicted molar refractivity (Wildman–Crippen MR) is 73.4 cm³/mol. The average Bonchev–Trinajstić information content (AvgIpc) is 2.42. The van der Waals surface area contributed by atoms with Crippen LogP contribution in [0.5, 0.6) is 0 Å². The van der Waals surface area contributed by atoms with Crippen LogP contribution in [0.15, 0.2) is 24.4 Å². The van der Waals surface area contributed by atoms with Crippen molar-refractivity contribution in [2.75, 3.05) is 6.54 Å². The number of nitrogens with one attached hydrogen (secondary N) is 1. The van der Waals surface area contributed by atoms with Crippen molar-refractivity contribution in [1.29, 1.82) is 0 Å². The van der Waals surface area contributed by atoms with Crippen molar-refractivity contribution in [3.8, 4) is 0 Å². The summed E-state index contributed by atoms with van der Waals surface area (Å²) < 4.78 is 28.4. The molecule has 2 rings (SSSR count). The molecule has 106 valence electrons. The SMILES string of the molecule is CCNC(c1ccnc(C)n1)c1c(F)ccc(C)c1F. The quantitative estimate of drug-likeness (QED) is 0.933. The van der Waals surface area contributed by atoms with Crippen LogP contribution in [0.25, 0.3) is 0 Å². The molecule has 1 aromatic carbocycles. The molecule has 1 unspecified atom stereocenters. The maximum atomic E-state index is 14.3. The van der Waals surface area contributed by atoms with Crippen molar-refractivity contribution in [2.24, 2.45) is 0 Å². The molecule has 1 aromatic heterocycles. The topological polar surface area (TPSA) is 37.8 Å². The first-order valence-electron chi connectivity index (χ1n) is 6.52. The summed E-state index contributed by atoms with van der Waals surface area (Å²) in [6, 6.07) is 3.76. The molecule has 0 radical (unpaired) electrons. The number of halogens is 2. The van der Waals surface area contributed by atoms with E-state index in [0.717, 1.165) is 0 Å². The lowest BCUT2D eigenvalue weighted by Crippen LogP contribution is -2.25. The number of aryl methyl sites for hydroxylation is 2. The normalized spacial score (nSPS) is 12.4. The Balaban J connectivity index is 2.57. The molecule has 1 heterocycles. The van der Waals surface area contributed by atoms with E-state index in [1.54, 1.807) is 26.1 Å². The Morgan fingerprint density at radius 2 is 1.95 bits per heavy atom. The van der Waals surface area contributed by atoms with Crippen molar-refractivity contribution in [3.63, 3.8) is 0 Å². The smallest absolute Gasteiger partial charge is 0.134 e. The Morgan fingerprint density at radius 3 is 2.60 bits per heavy atom. The van der Waals surface area contributed by atoms with Crippen LogP contribution in [0.2, 0.25) is 0 Å². The van der Waals surface area contributed by atoms with Gasteiger partial charge in [-0.05, 0) is 38.1 Å². The Bertz CT molecular complexity index is 614. The van der Waals surface area contributed by atoms with Gasteiger partial charge in [0.25, 0.3) is 0 Å². The maximum absolute atomic E-state index is 14.3. The molecule has 0 amide bonds. The van der Waals surface area contributed by atoms with Gasteiger partial charge in [-0.3, -0.25) is 0 Å². The Hall–Kier alpha value is -1.88. The monoisotopic (exact) mass is 277 g/mol. The number of nitrogens with zero attached hydrogens (tertiary/aromatic N) is 2. The summed E-state index contributed by atoms with van der Waals surface area (Å²) in [6.45, 7) is 5.81. The van der Waals surface area contributed by atoms with Crippen molar-refractivity contribution >= 4 is 0 Å². The summed E-state index contributed by atoms with van der Waals surface area (Å²) in [5.74, 6) is -0.540. The van der Waals surface area contributed by atoms with Crippen LogP contribution in [-0.4, -0.2) is 16.5 Å². The first-order chi connectivity index (χ1) is 9.54. The molecule has 0 fully saturated rings. The van der Waals surface area contributed by atoms with Crippen LogP contribution in [0, 0.1) is 25.5 Å².